The van der Waals surface area contributed by atoms with E-state index < -0.39 is 5.91 Å². The van der Waals surface area contributed by atoms with Gasteiger partial charge in [0.15, 0.2) is 10.9 Å². The maximum absolute atomic E-state index is 12.9. The number of aliphatic imine (C=N–C) groups is 1. The lowest BCUT2D eigenvalue weighted by Gasteiger charge is -2.11. The number of aromatic nitrogens is 3. The van der Waals surface area contributed by atoms with E-state index in [0.717, 1.165) is 30.3 Å². The zero-order chi connectivity index (χ0) is 20.9. The molecule has 0 radical (unpaired) electrons. The van der Waals surface area contributed by atoms with Gasteiger partial charge in [-0.05, 0) is 36.7 Å². The molecule has 0 aliphatic heterocycles. The average Bonchev–Trinajstić information content (AvgIpc) is 3.60. The summed E-state index contributed by atoms with van der Waals surface area (Å²) in [6.07, 6.45) is 6.76. The van der Waals surface area contributed by atoms with Crippen molar-refractivity contribution in [3.63, 3.8) is 0 Å². The molecular weight excluding hydrogens is 398 g/mol. The van der Waals surface area contributed by atoms with E-state index in [0.29, 0.717) is 22.9 Å². The zero-order valence-electron chi connectivity index (χ0n) is 15.9. The van der Waals surface area contributed by atoms with E-state index >= 15 is 0 Å². The highest BCUT2D eigenvalue weighted by molar-refractivity contribution is 8.26. The molecule has 1 aliphatic carbocycles. The van der Waals surface area contributed by atoms with Crippen LogP contribution in [0.1, 0.15) is 40.5 Å². The van der Waals surface area contributed by atoms with E-state index in [9.17, 15) is 4.79 Å². The molecule has 3 aromatic rings. The largest absolute Gasteiger partial charge is 0.378 e. The van der Waals surface area contributed by atoms with Gasteiger partial charge in [-0.2, -0.15) is 4.99 Å². The molecule has 150 valence electrons. The molecule has 1 aromatic carbocycles. The third kappa shape index (κ3) is 4.87. The van der Waals surface area contributed by atoms with Crippen LogP contribution in [0.3, 0.4) is 0 Å². The number of nitrogens with zero attached hydrogens (tertiary/aromatic N) is 4. The first-order valence-corrected chi connectivity index (χ1v) is 10.1. The van der Waals surface area contributed by atoms with Gasteiger partial charge >= 0.3 is 0 Å². The van der Waals surface area contributed by atoms with E-state index in [-0.39, 0.29) is 15.9 Å². The Balaban J connectivity index is 1.57. The summed E-state index contributed by atoms with van der Waals surface area (Å²) in [4.78, 5) is 29.4. The van der Waals surface area contributed by atoms with Crippen molar-refractivity contribution in [1.82, 2.24) is 15.0 Å². The summed E-state index contributed by atoms with van der Waals surface area (Å²) in [6.45, 7) is 0. The Bertz CT molecular complexity index is 1100. The highest BCUT2D eigenvalue weighted by atomic mass is 32.2. The fraction of sp³-hybridized carbons (Fsp3) is 0.143. The summed E-state index contributed by atoms with van der Waals surface area (Å²) in [7, 11) is 0. The number of anilines is 2. The van der Waals surface area contributed by atoms with Crippen molar-refractivity contribution < 1.29 is 4.79 Å². The summed E-state index contributed by atoms with van der Waals surface area (Å²) in [5.41, 5.74) is 8.82. The average molecular weight is 417 g/mol. The van der Waals surface area contributed by atoms with Gasteiger partial charge in [0.2, 0.25) is 0 Å². The van der Waals surface area contributed by atoms with Crippen molar-refractivity contribution in [3.8, 4) is 0 Å². The molecule has 0 unspecified atom stereocenters. The molecule has 4 N–H and O–H groups in total. The highest BCUT2D eigenvalue weighted by Gasteiger charge is 2.27. The minimum absolute atomic E-state index is 0.0125. The molecular formula is C21H19N7OS. The van der Waals surface area contributed by atoms with E-state index in [2.05, 4.69) is 25.3 Å². The van der Waals surface area contributed by atoms with Crippen LogP contribution in [0.2, 0.25) is 0 Å². The summed E-state index contributed by atoms with van der Waals surface area (Å²) in [6, 6.07) is 12.9. The van der Waals surface area contributed by atoms with Crippen LogP contribution in [-0.2, 0) is 0 Å². The molecule has 0 saturated heterocycles. The number of amides is 1. The van der Waals surface area contributed by atoms with Crippen molar-refractivity contribution in [2.45, 2.75) is 18.8 Å². The Morgan fingerprint density at radius 3 is 2.57 bits per heavy atom. The Kier molecular flexibility index (Phi) is 5.80. The van der Waals surface area contributed by atoms with Gasteiger partial charge in [0.25, 0.3) is 5.91 Å². The lowest BCUT2D eigenvalue weighted by atomic mass is 10.2. The second-order valence-electron chi connectivity index (χ2n) is 6.71. The number of hydrogen-bond donors (Lipinski definition) is 3. The zero-order valence-corrected chi connectivity index (χ0v) is 16.8. The number of rotatable bonds is 5. The number of carbonyl (C=O) groups excluding carboxylic acids is 1. The minimum Gasteiger partial charge on any atom is -0.378 e. The van der Waals surface area contributed by atoms with Gasteiger partial charge in [0.1, 0.15) is 11.4 Å². The fourth-order valence-corrected chi connectivity index (χ4v) is 3.38. The number of nitrogens with two attached hydrogens (primary N) is 1. The van der Waals surface area contributed by atoms with Crippen molar-refractivity contribution in [1.29, 1.82) is 5.41 Å². The summed E-state index contributed by atoms with van der Waals surface area (Å²) in [5.74, 6) is -0.185. The monoisotopic (exact) mass is 417 g/mol. The smallest absolute Gasteiger partial charge is 0.300 e. The number of amidine groups is 1. The molecule has 8 nitrogen and oxygen atoms in total. The molecule has 9 heteroatoms. The van der Waals surface area contributed by atoms with E-state index in [1.54, 1.807) is 24.5 Å². The van der Waals surface area contributed by atoms with Crippen LogP contribution in [-0.4, -0.2) is 31.1 Å². The molecule has 1 saturated carbocycles. The Hall–Kier alpha value is -3.59. The van der Waals surface area contributed by atoms with Gasteiger partial charge in [0, 0.05) is 17.2 Å². The van der Waals surface area contributed by atoms with Crippen LogP contribution in [0.15, 0.2) is 66.2 Å². The summed E-state index contributed by atoms with van der Waals surface area (Å²) >= 11 is 0.930. The maximum Gasteiger partial charge on any atom is 0.300 e. The first-order valence-electron chi connectivity index (χ1n) is 9.33. The molecule has 2 aromatic heterocycles. The lowest BCUT2D eigenvalue weighted by Crippen LogP contribution is -2.15. The standard InChI is InChI=1S/C21H19N7OS/c22-19(14-4-2-1-3-5-14)30-21(23)28-20(29)18-17(26-15-10-24-12-25-11-15)9-8-16(27-18)13-6-7-13/h1-5,8-13,22,26H,6-7H2,(H2,23,28,29). The third-order valence-electron chi connectivity index (χ3n) is 4.41. The molecule has 2 heterocycles. The second-order valence-corrected chi connectivity index (χ2v) is 7.74. The van der Waals surface area contributed by atoms with E-state index in [1.165, 1.54) is 6.33 Å². The predicted octanol–water partition coefficient (Wildman–Crippen LogP) is 3.71. The number of benzene rings is 1. The molecule has 30 heavy (non-hydrogen) atoms. The second kappa shape index (κ2) is 8.83. The van der Waals surface area contributed by atoms with Gasteiger partial charge in [-0.25, -0.2) is 15.0 Å². The Morgan fingerprint density at radius 2 is 1.87 bits per heavy atom. The topological polar surface area (TPSA) is 130 Å². The van der Waals surface area contributed by atoms with E-state index in [4.69, 9.17) is 11.1 Å². The normalized spacial score (nSPS) is 13.7. The first kappa shape index (κ1) is 19.7. The quantitative estimate of drug-likeness (QED) is 0.426. The number of thioether (sulfide) groups is 1. The van der Waals surface area contributed by atoms with Gasteiger partial charge in [-0.1, -0.05) is 30.3 Å². The molecule has 1 aliphatic rings. The number of nitrogens with one attached hydrogen (secondary N) is 2. The van der Waals surface area contributed by atoms with Crippen LogP contribution in [0.25, 0.3) is 0 Å². The first-order chi connectivity index (χ1) is 14.6. The molecule has 0 spiro atoms. The maximum atomic E-state index is 12.9. The van der Waals surface area contributed by atoms with E-state index in [1.807, 2.05) is 30.3 Å². The third-order valence-corrected chi connectivity index (χ3v) is 5.15. The fourth-order valence-electron chi connectivity index (χ4n) is 2.79. The van der Waals surface area contributed by atoms with Gasteiger partial charge in [-0.3, -0.25) is 10.2 Å². The van der Waals surface area contributed by atoms with Crippen molar-refractivity contribution in [3.05, 3.63) is 78.1 Å². The molecule has 1 amide bonds. The number of hydrogen-bond acceptors (Lipinski definition) is 7. The number of pyridine rings is 1. The predicted molar refractivity (Wildman–Crippen MR) is 118 cm³/mol. The molecule has 1 fully saturated rings. The van der Waals surface area contributed by atoms with Crippen molar-refractivity contribution in [2.75, 3.05) is 5.32 Å². The van der Waals surface area contributed by atoms with Crippen LogP contribution in [0.5, 0.6) is 0 Å². The van der Waals surface area contributed by atoms with Gasteiger partial charge in [0.05, 0.1) is 23.8 Å². The molecule has 0 atom stereocenters. The SMILES string of the molecule is N=C(SC(N)=NC(=O)c1nc(C2CC2)ccc1Nc1cncnc1)c1ccccc1. The number of carbonyl (C=O) groups is 1. The Morgan fingerprint density at radius 1 is 1.13 bits per heavy atom. The minimum atomic E-state index is -0.567. The van der Waals surface area contributed by atoms with Crippen molar-refractivity contribution in [2.24, 2.45) is 10.7 Å². The molecule has 0 bridgehead atoms. The summed E-state index contributed by atoms with van der Waals surface area (Å²) < 4.78 is 0. The van der Waals surface area contributed by atoms with Crippen LogP contribution in [0.4, 0.5) is 11.4 Å². The Labute approximate surface area is 177 Å². The lowest BCUT2D eigenvalue weighted by molar-refractivity contribution is 0.0999. The van der Waals surface area contributed by atoms with Gasteiger partial charge < -0.3 is 11.1 Å². The van der Waals surface area contributed by atoms with Crippen LogP contribution in [0, 0.1) is 5.41 Å². The summed E-state index contributed by atoms with van der Waals surface area (Å²) in [5, 5.41) is 11.5. The van der Waals surface area contributed by atoms with Crippen molar-refractivity contribution >= 4 is 39.3 Å². The highest BCUT2D eigenvalue weighted by Crippen LogP contribution is 2.39. The van der Waals surface area contributed by atoms with Crippen LogP contribution < -0.4 is 11.1 Å². The molecule has 4 rings (SSSR count). The van der Waals surface area contributed by atoms with Crippen LogP contribution >= 0.6 is 11.8 Å². The van der Waals surface area contributed by atoms with Gasteiger partial charge in [-0.15, -0.1) is 0 Å².